The van der Waals surface area contributed by atoms with Crippen LogP contribution < -0.4 is 10.1 Å². The number of nitrogens with one attached hydrogen (secondary N) is 1. The van der Waals surface area contributed by atoms with Gasteiger partial charge in [0.15, 0.2) is 5.50 Å². The molecule has 0 bridgehead atoms. The molecule has 1 heterocycles. The van der Waals surface area contributed by atoms with Crippen molar-refractivity contribution in [2.24, 2.45) is 5.92 Å². The van der Waals surface area contributed by atoms with Crippen molar-refractivity contribution >= 4 is 45.4 Å². The van der Waals surface area contributed by atoms with Gasteiger partial charge in [0, 0.05) is 16.2 Å². The summed E-state index contributed by atoms with van der Waals surface area (Å²) in [4.78, 5) is 16.6. The largest absolute Gasteiger partial charge is 0.489 e. The first-order valence-electron chi connectivity index (χ1n) is 12.6. The number of nitrogens with zero attached hydrogens (tertiary/aromatic N) is 1. The fourth-order valence-electron chi connectivity index (χ4n) is 4.93. The van der Waals surface area contributed by atoms with E-state index in [1.165, 1.54) is 19.3 Å². The molecule has 1 saturated heterocycles. The molecule has 0 aromatic heterocycles. The summed E-state index contributed by atoms with van der Waals surface area (Å²) in [7, 11) is 0. The van der Waals surface area contributed by atoms with Crippen molar-refractivity contribution < 1.29 is 9.53 Å². The third-order valence-corrected chi connectivity index (χ3v) is 8.56. The van der Waals surface area contributed by atoms with Crippen molar-refractivity contribution in [1.29, 1.82) is 0 Å². The molecule has 1 saturated carbocycles. The Balaban J connectivity index is 1.31. The highest BCUT2D eigenvalue weighted by Gasteiger charge is 2.42. The number of halogens is 1. The van der Waals surface area contributed by atoms with Crippen molar-refractivity contribution in [2.45, 2.75) is 50.8 Å². The van der Waals surface area contributed by atoms with Gasteiger partial charge >= 0.3 is 0 Å². The van der Waals surface area contributed by atoms with Gasteiger partial charge in [0.2, 0.25) is 0 Å². The standard InChI is InChI=1S/C30H31BrN2O2S/c1-21-7-5-6-10-27(21)33-29(34)28(36-30(33)32-25-8-3-2-4-9-25)19-22-13-17-26(18-14-22)35-20-23-11-15-24(31)16-12-23/h2-4,8-9,11-19,21,27,30,32H,5-7,10,20H2,1H3/b28-19-/t21-,27-,30?/m0/s1. The predicted octanol–water partition coefficient (Wildman–Crippen LogP) is 7.92. The zero-order valence-corrected chi connectivity index (χ0v) is 22.8. The lowest BCUT2D eigenvalue weighted by Gasteiger charge is -2.39. The maximum absolute atomic E-state index is 13.7. The number of rotatable bonds is 7. The SMILES string of the molecule is C[C@H]1CCCC[C@@H]1N1C(=O)/C(=C/c2ccc(OCc3ccc(Br)cc3)cc2)SC1Nc1ccccc1. The Morgan fingerprint density at radius 1 is 1.00 bits per heavy atom. The number of thioether (sulfide) groups is 1. The summed E-state index contributed by atoms with van der Waals surface area (Å²) in [6.45, 7) is 2.81. The zero-order chi connectivity index (χ0) is 24.9. The van der Waals surface area contributed by atoms with Gasteiger partial charge in [-0.2, -0.15) is 0 Å². The van der Waals surface area contributed by atoms with E-state index in [4.69, 9.17) is 4.74 Å². The number of amides is 1. The van der Waals surface area contributed by atoms with Crippen molar-refractivity contribution in [3.63, 3.8) is 0 Å². The van der Waals surface area contributed by atoms with E-state index in [2.05, 4.69) is 45.2 Å². The summed E-state index contributed by atoms with van der Waals surface area (Å²) in [5, 5.41) is 3.60. The van der Waals surface area contributed by atoms with Crippen LogP contribution in [0.1, 0.15) is 43.7 Å². The summed E-state index contributed by atoms with van der Waals surface area (Å²) in [6.07, 6.45) is 6.69. The Hall–Kier alpha value is -2.70. The predicted molar refractivity (Wildman–Crippen MR) is 153 cm³/mol. The van der Waals surface area contributed by atoms with Crippen molar-refractivity contribution in [3.05, 3.63) is 99.4 Å². The molecule has 1 unspecified atom stereocenters. The number of anilines is 1. The number of carbonyl (C=O) groups excluding carboxylic acids is 1. The number of ether oxygens (including phenoxy) is 1. The second-order valence-corrected chi connectivity index (χ2v) is 11.6. The van der Waals surface area contributed by atoms with E-state index in [-0.39, 0.29) is 17.4 Å². The average molecular weight is 564 g/mol. The third kappa shape index (κ3) is 5.98. The molecule has 3 aromatic rings. The van der Waals surface area contributed by atoms with Crippen LogP contribution >= 0.6 is 27.7 Å². The Morgan fingerprint density at radius 2 is 1.72 bits per heavy atom. The number of benzene rings is 3. The summed E-state index contributed by atoms with van der Waals surface area (Å²) >= 11 is 5.08. The fourth-order valence-corrected chi connectivity index (χ4v) is 6.40. The number of para-hydroxylation sites is 1. The molecule has 3 aromatic carbocycles. The molecule has 6 heteroatoms. The molecule has 1 aliphatic heterocycles. The molecule has 186 valence electrons. The van der Waals surface area contributed by atoms with Crippen LogP contribution in [0.5, 0.6) is 5.75 Å². The maximum Gasteiger partial charge on any atom is 0.262 e. The lowest BCUT2D eigenvalue weighted by Crippen LogP contribution is -2.48. The van der Waals surface area contributed by atoms with Gasteiger partial charge in [-0.3, -0.25) is 4.79 Å². The first-order valence-corrected chi connectivity index (χ1v) is 14.2. The minimum Gasteiger partial charge on any atom is -0.489 e. The van der Waals surface area contributed by atoms with Gasteiger partial charge in [0.05, 0.1) is 4.91 Å². The highest BCUT2D eigenvalue weighted by Crippen LogP contribution is 2.42. The number of hydrogen-bond donors (Lipinski definition) is 1. The van der Waals surface area contributed by atoms with E-state index in [1.807, 2.05) is 72.8 Å². The second-order valence-electron chi connectivity index (χ2n) is 9.51. The normalized spacial score (nSPS) is 23.2. The van der Waals surface area contributed by atoms with Crippen LogP contribution in [0.3, 0.4) is 0 Å². The van der Waals surface area contributed by atoms with E-state index in [9.17, 15) is 4.79 Å². The summed E-state index contributed by atoms with van der Waals surface area (Å²) in [5.74, 6) is 1.44. The van der Waals surface area contributed by atoms with Gasteiger partial charge in [0.25, 0.3) is 5.91 Å². The van der Waals surface area contributed by atoms with E-state index < -0.39 is 0 Å². The Morgan fingerprint density at radius 3 is 2.44 bits per heavy atom. The maximum atomic E-state index is 13.7. The Bertz CT molecular complexity index is 1200. The molecule has 0 spiro atoms. The zero-order valence-electron chi connectivity index (χ0n) is 20.4. The Kier molecular flexibility index (Phi) is 8.02. The molecule has 3 atom stereocenters. The van der Waals surface area contributed by atoms with E-state index in [0.717, 1.165) is 38.4 Å². The first-order chi connectivity index (χ1) is 17.6. The number of carbonyl (C=O) groups is 1. The van der Waals surface area contributed by atoms with Gasteiger partial charge in [-0.25, -0.2) is 0 Å². The molecule has 36 heavy (non-hydrogen) atoms. The first kappa shape index (κ1) is 25.0. The van der Waals surface area contributed by atoms with Gasteiger partial charge in [0.1, 0.15) is 12.4 Å². The third-order valence-electron chi connectivity index (χ3n) is 6.92. The highest BCUT2D eigenvalue weighted by molar-refractivity contribution is 9.10. The van der Waals surface area contributed by atoms with E-state index >= 15 is 0 Å². The van der Waals surface area contributed by atoms with Crippen LogP contribution in [0, 0.1) is 5.92 Å². The lowest BCUT2D eigenvalue weighted by atomic mass is 9.85. The van der Waals surface area contributed by atoms with Crippen molar-refractivity contribution in [3.8, 4) is 5.75 Å². The summed E-state index contributed by atoms with van der Waals surface area (Å²) in [6, 6.07) is 26.5. The van der Waals surface area contributed by atoms with E-state index in [1.54, 1.807) is 11.8 Å². The second kappa shape index (κ2) is 11.6. The topological polar surface area (TPSA) is 41.6 Å². The molecular weight excluding hydrogens is 532 g/mol. The fraction of sp³-hybridized carbons (Fsp3) is 0.300. The molecule has 5 rings (SSSR count). The molecule has 4 nitrogen and oxygen atoms in total. The lowest BCUT2D eigenvalue weighted by molar-refractivity contribution is -0.129. The minimum absolute atomic E-state index is 0.106. The average Bonchev–Trinajstić information content (AvgIpc) is 3.19. The van der Waals surface area contributed by atoms with Crippen LogP contribution in [-0.2, 0) is 11.4 Å². The summed E-state index contributed by atoms with van der Waals surface area (Å²) in [5.41, 5.74) is 3.04. The van der Waals surface area contributed by atoms with E-state index in [0.29, 0.717) is 12.5 Å². The van der Waals surface area contributed by atoms with Gasteiger partial charge in [-0.05, 0) is 72.4 Å². The van der Waals surface area contributed by atoms with Crippen LogP contribution in [0.2, 0.25) is 0 Å². The molecule has 1 aliphatic carbocycles. The Labute approximate surface area is 226 Å². The van der Waals surface area contributed by atoms with Crippen LogP contribution in [-0.4, -0.2) is 22.3 Å². The smallest absolute Gasteiger partial charge is 0.262 e. The van der Waals surface area contributed by atoms with Crippen LogP contribution in [0.25, 0.3) is 6.08 Å². The van der Waals surface area contributed by atoms with Crippen LogP contribution in [0.4, 0.5) is 5.69 Å². The minimum atomic E-state index is -0.106. The molecule has 1 N–H and O–H groups in total. The van der Waals surface area contributed by atoms with Gasteiger partial charge in [-0.15, -0.1) is 0 Å². The van der Waals surface area contributed by atoms with Crippen LogP contribution in [0.15, 0.2) is 88.2 Å². The van der Waals surface area contributed by atoms with Gasteiger partial charge < -0.3 is 15.0 Å². The van der Waals surface area contributed by atoms with Crippen molar-refractivity contribution in [1.82, 2.24) is 4.90 Å². The summed E-state index contributed by atoms with van der Waals surface area (Å²) < 4.78 is 7.00. The monoisotopic (exact) mass is 562 g/mol. The van der Waals surface area contributed by atoms with Gasteiger partial charge in [-0.1, -0.05) is 89.9 Å². The van der Waals surface area contributed by atoms with Crippen molar-refractivity contribution in [2.75, 3.05) is 5.32 Å². The quantitative estimate of drug-likeness (QED) is 0.297. The number of hydrogen-bond acceptors (Lipinski definition) is 4. The molecular formula is C30H31BrN2O2S. The molecule has 2 aliphatic rings. The molecule has 1 amide bonds. The molecule has 0 radical (unpaired) electrons. The highest BCUT2D eigenvalue weighted by atomic mass is 79.9. The molecule has 2 fully saturated rings.